The molecule has 2 amide bonds. The zero-order valence-electron chi connectivity index (χ0n) is 15.6. The molecule has 6 heteroatoms. The maximum absolute atomic E-state index is 12.2. The molecule has 2 heterocycles. The fourth-order valence-corrected chi connectivity index (χ4v) is 3.20. The van der Waals surface area contributed by atoms with Crippen LogP contribution in [0.4, 0.5) is 16.3 Å². The van der Waals surface area contributed by atoms with Crippen molar-refractivity contribution in [3.8, 4) is 0 Å². The SMILES string of the molecule is CC(C)(C)c1ccnc(NC(=O)Nc2ccc(Sc3cccnc3)cc2)c1. The number of pyridine rings is 2. The Kier molecular flexibility index (Phi) is 5.76. The van der Waals surface area contributed by atoms with Crippen molar-refractivity contribution in [1.29, 1.82) is 0 Å². The van der Waals surface area contributed by atoms with Gasteiger partial charge in [-0.2, -0.15) is 0 Å². The first-order valence-electron chi connectivity index (χ1n) is 8.63. The van der Waals surface area contributed by atoms with Gasteiger partial charge in [0.1, 0.15) is 5.82 Å². The van der Waals surface area contributed by atoms with Crippen LogP contribution in [0.2, 0.25) is 0 Å². The van der Waals surface area contributed by atoms with Gasteiger partial charge in [-0.3, -0.25) is 10.3 Å². The molecular formula is C21H22N4OS. The summed E-state index contributed by atoms with van der Waals surface area (Å²) in [7, 11) is 0. The molecular weight excluding hydrogens is 356 g/mol. The molecule has 1 aromatic carbocycles. The summed E-state index contributed by atoms with van der Waals surface area (Å²) in [6.07, 6.45) is 5.28. The lowest BCUT2D eigenvalue weighted by molar-refractivity contribution is 0.262. The van der Waals surface area contributed by atoms with Crippen molar-refractivity contribution < 1.29 is 4.79 Å². The number of anilines is 2. The summed E-state index contributed by atoms with van der Waals surface area (Å²) in [5, 5.41) is 5.61. The van der Waals surface area contributed by atoms with E-state index in [1.807, 2.05) is 54.7 Å². The van der Waals surface area contributed by atoms with E-state index in [0.717, 1.165) is 21.0 Å². The second-order valence-corrected chi connectivity index (χ2v) is 8.22. The van der Waals surface area contributed by atoms with Crippen molar-refractivity contribution in [1.82, 2.24) is 9.97 Å². The van der Waals surface area contributed by atoms with E-state index >= 15 is 0 Å². The quantitative estimate of drug-likeness (QED) is 0.623. The molecule has 0 spiro atoms. The van der Waals surface area contributed by atoms with E-state index in [2.05, 4.69) is 41.4 Å². The molecule has 138 valence electrons. The third-order valence-corrected chi connectivity index (χ3v) is 4.83. The second kappa shape index (κ2) is 8.22. The number of nitrogens with one attached hydrogen (secondary N) is 2. The van der Waals surface area contributed by atoms with E-state index in [-0.39, 0.29) is 11.4 Å². The van der Waals surface area contributed by atoms with Crippen LogP contribution in [-0.2, 0) is 5.41 Å². The minimum Gasteiger partial charge on any atom is -0.308 e. The summed E-state index contributed by atoms with van der Waals surface area (Å²) in [4.78, 5) is 22.7. The maximum atomic E-state index is 12.2. The van der Waals surface area contributed by atoms with Crippen molar-refractivity contribution >= 4 is 29.3 Å². The van der Waals surface area contributed by atoms with Crippen molar-refractivity contribution in [3.63, 3.8) is 0 Å². The molecule has 3 aromatic rings. The van der Waals surface area contributed by atoms with E-state index in [9.17, 15) is 4.79 Å². The molecule has 27 heavy (non-hydrogen) atoms. The molecule has 0 saturated carbocycles. The van der Waals surface area contributed by atoms with Gasteiger partial charge in [0, 0.05) is 34.1 Å². The van der Waals surface area contributed by atoms with Gasteiger partial charge in [0.05, 0.1) is 0 Å². The zero-order valence-corrected chi connectivity index (χ0v) is 16.4. The van der Waals surface area contributed by atoms with E-state index < -0.39 is 0 Å². The number of urea groups is 1. The van der Waals surface area contributed by atoms with Crippen LogP contribution in [0.15, 0.2) is 76.9 Å². The lowest BCUT2D eigenvalue weighted by Gasteiger charge is -2.19. The van der Waals surface area contributed by atoms with E-state index in [4.69, 9.17) is 0 Å². The normalized spacial score (nSPS) is 11.1. The van der Waals surface area contributed by atoms with Gasteiger partial charge < -0.3 is 5.32 Å². The Labute approximate surface area is 163 Å². The largest absolute Gasteiger partial charge is 0.324 e. The Morgan fingerprint density at radius 1 is 0.963 bits per heavy atom. The van der Waals surface area contributed by atoms with Crippen LogP contribution in [-0.4, -0.2) is 16.0 Å². The van der Waals surface area contributed by atoms with Crippen LogP contribution in [0.25, 0.3) is 0 Å². The highest BCUT2D eigenvalue weighted by Crippen LogP contribution is 2.28. The fraction of sp³-hybridized carbons (Fsp3) is 0.190. The number of benzene rings is 1. The lowest BCUT2D eigenvalue weighted by atomic mass is 9.88. The first kappa shape index (κ1) is 18.9. The van der Waals surface area contributed by atoms with Gasteiger partial charge in [0.25, 0.3) is 0 Å². The number of hydrogen-bond acceptors (Lipinski definition) is 4. The van der Waals surface area contributed by atoms with Gasteiger partial charge in [-0.1, -0.05) is 32.5 Å². The number of nitrogens with zero attached hydrogens (tertiary/aromatic N) is 2. The predicted molar refractivity (Wildman–Crippen MR) is 110 cm³/mol. The van der Waals surface area contributed by atoms with Crippen molar-refractivity contribution in [2.75, 3.05) is 10.6 Å². The van der Waals surface area contributed by atoms with Gasteiger partial charge in [-0.05, 0) is 59.5 Å². The van der Waals surface area contributed by atoms with Crippen LogP contribution < -0.4 is 10.6 Å². The van der Waals surface area contributed by atoms with Crippen LogP contribution in [0.5, 0.6) is 0 Å². The zero-order chi connectivity index (χ0) is 19.3. The third kappa shape index (κ3) is 5.56. The molecule has 3 rings (SSSR count). The van der Waals surface area contributed by atoms with Crippen LogP contribution in [0, 0.1) is 0 Å². The minimum absolute atomic E-state index is 0.00236. The number of carbonyl (C=O) groups is 1. The van der Waals surface area contributed by atoms with Crippen molar-refractivity contribution in [2.45, 2.75) is 36.0 Å². The molecule has 0 saturated heterocycles. The molecule has 2 aromatic heterocycles. The Morgan fingerprint density at radius 3 is 2.41 bits per heavy atom. The summed E-state index contributed by atoms with van der Waals surface area (Å²) in [6.45, 7) is 6.37. The highest BCUT2D eigenvalue weighted by Gasteiger charge is 2.14. The Morgan fingerprint density at radius 2 is 1.74 bits per heavy atom. The summed E-state index contributed by atoms with van der Waals surface area (Å²) in [5.41, 5.74) is 1.83. The molecule has 0 radical (unpaired) electrons. The second-order valence-electron chi connectivity index (χ2n) is 7.07. The molecule has 0 fully saturated rings. The summed E-state index contributed by atoms with van der Waals surface area (Å²) < 4.78 is 0. The molecule has 0 aliphatic rings. The Hall–Kier alpha value is -2.86. The number of aromatic nitrogens is 2. The van der Waals surface area contributed by atoms with E-state index in [0.29, 0.717) is 5.82 Å². The van der Waals surface area contributed by atoms with E-state index in [1.165, 1.54) is 0 Å². The molecule has 0 unspecified atom stereocenters. The van der Waals surface area contributed by atoms with Gasteiger partial charge in [-0.25, -0.2) is 9.78 Å². The molecule has 5 nitrogen and oxygen atoms in total. The van der Waals surface area contributed by atoms with E-state index in [1.54, 1.807) is 24.2 Å². The van der Waals surface area contributed by atoms with Crippen molar-refractivity contribution in [2.24, 2.45) is 0 Å². The highest BCUT2D eigenvalue weighted by molar-refractivity contribution is 7.99. The molecule has 0 aliphatic carbocycles. The predicted octanol–water partition coefficient (Wildman–Crippen LogP) is 5.57. The maximum Gasteiger partial charge on any atom is 0.324 e. The molecule has 2 N–H and O–H groups in total. The van der Waals surface area contributed by atoms with Crippen LogP contribution in [0.3, 0.4) is 0 Å². The fourth-order valence-electron chi connectivity index (χ4n) is 2.39. The molecule has 0 bridgehead atoms. The van der Waals surface area contributed by atoms with Gasteiger partial charge in [0.2, 0.25) is 0 Å². The highest BCUT2D eigenvalue weighted by atomic mass is 32.2. The molecule has 0 aliphatic heterocycles. The number of carbonyl (C=O) groups excluding carboxylic acids is 1. The standard InChI is InChI=1S/C21H22N4OS/c1-21(2,3)15-10-12-23-19(13-15)25-20(26)24-16-6-8-17(9-7-16)27-18-5-4-11-22-14-18/h4-14H,1-3H3,(H2,23,24,25,26). The van der Waals surface area contributed by atoms with Crippen molar-refractivity contribution in [3.05, 3.63) is 72.7 Å². The first-order valence-corrected chi connectivity index (χ1v) is 9.44. The number of amides is 2. The summed E-state index contributed by atoms with van der Waals surface area (Å²) in [6, 6.07) is 15.1. The summed E-state index contributed by atoms with van der Waals surface area (Å²) >= 11 is 1.62. The van der Waals surface area contributed by atoms with Gasteiger partial charge >= 0.3 is 6.03 Å². The number of hydrogen-bond donors (Lipinski definition) is 2. The third-order valence-electron chi connectivity index (χ3n) is 3.85. The van der Waals surface area contributed by atoms with Gasteiger partial charge in [-0.15, -0.1) is 0 Å². The van der Waals surface area contributed by atoms with Crippen LogP contribution in [0.1, 0.15) is 26.3 Å². The van der Waals surface area contributed by atoms with Crippen LogP contribution >= 0.6 is 11.8 Å². The molecule has 0 atom stereocenters. The average Bonchev–Trinajstić information content (AvgIpc) is 2.64. The Balaban J connectivity index is 1.60. The Bertz CT molecular complexity index is 905. The first-order chi connectivity index (χ1) is 12.9. The lowest BCUT2D eigenvalue weighted by Crippen LogP contribution is -2.21. The monoisotopic (exact) mass is 378 g/mol. The average molecular weight is 379 g/mol. The minimum atomic E-state index is -0.318. The smallest absolute Gasteiger partial charge is 0.308 e. The number of rotatable bonds is 4. The topological polar surface area (TPSA) is 66.9 Å². The summed E-state index contributed by atoms with van der Waals surface area (Å²) in [5.74, 6) is 0.531. The van der Waals surface area contributed by atoms with Gasteiger partial charge in [0.15, 0.2) is 0 Å².